The molecule has 6 heteroatoms. The van der Waals surface area contributed by atoms with Gasteiger partial charge in [0.15, 0.2) is 0 Å². The molecular weight excluding hydrogens is 260 g/mol. The average Bonchev–Trinajstić information content (AvgIpc) is 2.74. The Morgan fingerprint density at radius 1 is 1.71 bits per heavy atom. The monoisotopic (exact) mass is 276 g/mol. The van der Waals surface area contributed by atoms with Crippen LogP contribution in [-0.2, 0) is 21.8 Å². The Balaban J connectivity index is 2.29. The minimum Gasteiger partial charge on any atom is -0.377 e. The quantitative estimate of drug-likeness (QED) is 0.775. The number of rotatable bonds is 7. The van der Waals surface area contributed by atoms with E-state index >= 15 is 0 Å². The van der Waals surface area contributed by atoms with E-state index in [9.17, 15) is 4.79 Å². The number of amides is 1. The zero-order valence-corrected chi connectivity index (χ0v) is 11.6. The summed E-state index contributed by atoms with van der Waals surface area (Å²) in [6, 6.07) is 0. The fourth-order valence-corrected chi connectivity index (χ4v) is 2.31. The second-order valence-electron chi connectivity index (χ2n) is 3.61. The van der Waals surface area contributed by atoms with Gasteiger partial charge in [0.25, 0.3) is 0 Å². The van der Waals surface area contributed by atoms with Crippen LogP contribution >= 0.6 is 22.9 Å². The molecule has 1 unspecified atom stereocenters. The third-order valence-electron chi connectivity index (χ3n) is 2.09. The van der Waals surface area contributed by atoms with Crippen molar-refractivity contribution >= 4 is 28.8 Å². The van der Waals surface area contributed by atoms with Crippen LogP contribution in [0.25, 0.3) is 0 Å². The molecule has 0 saturated heterocycles. The molecule has 17 heavy (non-hydrogen) atoms. The lowest BCUT2D eigenvalue weighted by atomic mass is 10.3. The first kappa shape index (κ1) is 14.4. The Morgan fingerprint density at radius 2 is 2.47 bits per heavy atom. The first-order valence-electron chi connectivity index (χ1n) is 5.53. The van der Waals surface area contributed by atoms with Gasteiger partial charge in [-0.2, -0.15) is 0 Å². The number of halogens is 1. The van der Waals surface area contributed by atoms with Crippen LogP contribution in [0.1, 0.15) is 24.5 Å². The molecule has 1 N–H and O–H groups in total. The number of nitrogens with one attached hydrogen (secondary N) is 1. The molecule has 0 aliphatic rings. The lowest BCUT2D eigenvalue weighted by Crippen LogP contribution is -2.33. The van der Waals surface area contributed by atoms with Crippen molar-refractivity contribution in [3.8, 4) is 0 Å². The third-order valence-corrected chi connectivity index (χ3v) is 3.26. The predicted octanol–water partition coefficient (Wildman–Crippen LogP) is 1.97. The highest BCUT2D eigenvalue weighted by atomic mass is 35.5. The zero-order valence-electron chi connectivity index (χ0n) is 10.0. The van der Waals surface area contributed by atoms with Crippen molar-refractivity contribution in [2.75, 3.05) is 13.2 Å². The van der Waals surface area contributed by atoms with Crippen LogP contribution in [0.2, 0.25) is 0 Å². The molecular formula is C11H17ClN2O2S. The molecule has 0 bridgehead atoms. The summed E-state index contributed by atoms with van der Waals surface area (Å²) in [5.41, 5.74) is 0.821. The van der Waals surface area contributed by atoms with Crippen molar-refractivity contribution in [3.63, 3.8) is 0 Å². The summed E-state index contributed by atoms with van der Waals surface area (Å²) in [6.07, 6.45) is 0.346. The van der Waals surface area contributed by atoms with Gasteiger partial charge < -0.3 is 10.1 Å². The van der Waals surface area contributed by atoms with Gasteiger partial charge in [0.05, 0.1) is 24.1 Å². The van der Waals surface area contributed by atoms with E-state index in [1.54, 1.807) is 0 Å². The first-order valence-corrected chi connectivity index (χ1v) is 6.94. The second kappa shape index (κ2) is 7.63. The number of hydrogen-bond acceptors (Lipinski definition) is 4. The molecule has 0 saturated carbocycles. The van der Waals surface area contributed by atoms with Crippen molar-refractivity contribution < 1.29 is 9.53 Å². The Kier molecular flexibility index (Phi) is 6.47. The standard InChI is InChI=1S/C11H17ClN2O2S/c1-3-16-8(2)6-13-10(15)4-11-14-9(5-12)7-17-11/h7-8H,3-6H2,1-2H3,(H,13,15). The van der Waals surface area contributed by atoms with Crippen LogP contribution < -0.4 is 5.32 Å². The van der Waals surface area contributed by atoms with E-state index in [4.69, 9.17) is 16.3 Å². The molecule has 0 radical (unpaired) electrons. The number of aromatic nitrogens is 1. The summed E-state index contributed by atoms with van der Waals surface area (Å²) in [5.74, 6) is 0.353. The minimum atomic E-state index is -0.0352. The number of nitrogens with zero attached hydrogens (tertiary/aromatic N) is 1. The van der Waals surface area contributed by atoms with Crippen LogP contribution in [0.4, 0.5) is 0 Å². The highest BCUT2D eigenvalue weighted by Crippen LogP contribution is 2.11. The summed E-state index contributed by atoms with van der Waals surface area (Å²) < 4.78 is 5.32. The zero-order chi connectivity index (χ0) is 12.7. The second-order valence-corrected chi connectivity index (χ2v) is 4.82. The molecule has 0 aromatic carbocycles. The molecule has 1 aromatic rings. The van der Waals surface area contributed by atoms with Gasteiger partial charge in [-0.15, -0.1) is 22.9 Å². The number of carbonyl (C=O) groups is 1. The van der Waals surface area contributed by atoms with E-state index < -0.39 is 0 Å². The van der Waals surface area contributed by atoms with Gasteiger partial charge in [-0.3, -0.25) is 4.79 Å². The van der Waals surface area contributed by atoms with Crippen molar-refractivity contribution in [1.82, 2.24) is 10.3 Å². The molecule has 4 nitrogen and oxygen atoms in total. The molecule has 0 aliphatic heterocycles. The predicted molar refractivity (Wildman–Crippen MR) is 69.5 cm³/mol. The molecule has 0 spiro atoms. The molecule has 1 heterocycles. The van der Waals surface area contributed by atoms with Gasteiger partial charge in [0.2, 0.25) is 5.91 Å². The summed E-state index contributed by atoms with van der Waals surface area (Å²) in [7, 11) is 0. The normalized spacial score (nSPS) is 12.4. The van der Waals surface area contributed by atoms with Gasteiger partial charge in [0, 0.05) is 18.5 Å². The smallest absolute Gasteiger partial charge is 0.226 e. The van der Waals surface area contributed by atoms with E-state index in [1.165, 1.54) is 11.3 Å². The molecule has 1 atom stereocenters. The topological polar surface area (TPSA) is 51.2 Å². The Morgan fingerprint density at radius 3 is 3.06 bits per heavy atom. The minimum absolute atomic E-state index is 0.0352. The molecule has 0 fully saturated rings. The van der Waals surface area contributed by atoms with Crippen molar-refractivity contribution in [3.05, 3.63) is 16.1 Å². The van der Waals surface area contributed by atoms with E-state index in [1.807, 2.05) is 19.2 Å². The number of hydrogen-bond donors (Lipinski definition) is 1. The van der Waals surface area contributed by atoms with E-state index in [-0.39, 0.29) is 12.0 Å². The van der Waals surface area contributed by atoms with Crippen LogP contribution in [0.15, 0.2) is 5.38 Å². The maximum Gasteiger partial charge on any atom is 0.226 e. The van der Waals surface area contributed by atoms with E-state index in [0.29, 0.717) is 25.5 Å². The van der Waals surface area contributed by atoms with Crippen LogP contribution in [0, 0.1) is 0 Å². The van der Waals surface area contributed by atoms with Gasteiger partial charge in [-0.25, -0.2) is 4.98 Å². The fraction of sp³-hybridized carbons (Fsp3) is 0.636. The van der Waals surface area contributed by atoms with Gasteiger partial charge in [0.1, 0.15) is 5.01 Å². The van der Waals surface area contributed by atoms with E-state index in [2.05, 4.69) is 10.3 Å². The molecule has 1 aromatic heterocycles. The summed E-state index contributed by atoms with van der Waals surface area (Å²) in [4.78, 5) is 15.8. The number of ether oxygens (including phenoxy) is 1. The lowest BCUT2D eigenvalue weighted by molar-refractivity contribution is -0.121. The number of alkyl halides is 1. The Hall–Kier alpha value is -0.650. The maximum absolute atomic E-state index is 11.6. The number of carbonyl (C=O) groups excluding carboxylic acids is 1. The van der Waals surface area contributed by atoms with Crippen LogP contribution in [-0.4, -0.2) is 30.1 Å². The van der Waals surface area contributed by atoms with E-state index in [0.717, 1.165) is 10.7 Å². The lowest BCUT2D eigenvalue weighted by Gasteiger charge is -2.11. The van der Waals surface area contributed by atoms with Crippen LogP contribution in [0.5, 0.6) is 0 Å². The average molecular weight is 277 g/mol. The van der Waals surface area contributed by atoms with Crippen molar-refractivity contribution in [2.45, 2.75) is 32.3 Å². The highest BCUT2D eigenvalue weighted by molar-refractivity contribution is 7.09. The highest BCUT2D eigenvalue weighted by Gasteiger charge is 2.09. The Bertz CT molecular complexity index is 357. The maximum atomic E-state index is 11.6. The third kappa shape index (κ3) is 5.48. The molecule has 0 aliphatic carbocycles. The summed E-state index contributed by atoms with van der Waals surface area (Å²) in [6.45, 7) is 5.05. The first-order chi connectivity index (χ1) is 8.15. The fourth-order valence-electron chi connectivity index (χ4n) is 1.29. The van der Waals surface area contributed by atoms with Gasteiger partial charge in [-0.1, -0.05) is 0 Å². The molecule has 96 valence electrons. The summed E-state index contributed by atoms with van der Waals surface area (Å²) >= 11 is 7.10. The summed E-state index contributed by atoms with van der Waals surface area (Å²) in [5, 5.41) is 5.48. The van der Waals surface area contributed by atoms with Crippen molar-refractivity contribution in [1.29, 1.82) is 0 Å². The van der Waals surface area contributed by atoms with Gasteiger partial charge >= 0.3 is 0 Å². The van der Waals surface area contributed by atoms with Gasteiger partial charge in [-0.05, 0) is 13.8 Å². The van der Waals surface area contributed by atoms with Crippen molar-refractivity contribution in [2.24, 2.45) is 0 Å². The van der Waals surface area contributed by atoms with Crippen LogP contribution in [0.3, 0.4) is 0 Å². The Labute approximate surface area is 110 Å². The SMILES string of the molecule is CCOC(C)CNC(=O)Cc1nc(CCl)cs1. The largest absolute Gasteiger partial charge is 0.377 e. The molecule has 1 rings (SSSR count). The number of thiazole rings is 1. The molecule has 1 amide bonds.